The summed E-state index contributed by atoms with van der Waals surface area (Å²) in [5.74, 6) is 1.10. The molecule has 3 fully saturated rings. The maximum Gasteiger partial charge on any atom is 0.245 e. The van der Waals surface area contributed by atoms with Gasteiger partial charge in [0.05, 0.1) is 0 Å². The van der Waals surface area contributed by atoms with Crippen molar-refractivity contribution in [2.24, 2.45) is 11.8 Å². The Morgan fingerprint density at radius 2 is 1.87 bits per heavy atom. The van der Waals surface area contributed by atoms with Crippen LogP contribution in [0.4, 0.5) is 0 Å². The van der Waals surface area contributed by atoms with Gasteiger partial charge in [-0.3, -0.25) is 9.59 Å². The van der Waals surface area contributed by atoms with Crippen LogP contribution in [0, 0.1) is 11.8 Å². The minimum atomic E-state index is -0.206. The van der Waals surface area contributed by atoms with E-state index in [-0.39, 0.29) is 23.8 Å². The fourth-order valence-electron chi connectivity index (χ4n) is 4.23. The molecule has 0 aromatic heterocycles. The second-order valence-electron chi connectivity index (χ2n) is 7.64. The first-order valence-corrected chi connectivity index (χ1v) is 10.4. The minimum Gasteiger partial charge on any atom is -0.341 e. The summed E-state index contributed by atoms with van der Waals surface area (Å²) >= 11 is 1.92. The lowest BCUT2D eigenvalue weighted by molar-refractivity contribution is -0.149. The summed E-state index contributed by atoms with van der Waals surface area (Å²) in [5.41, 5.74) is 0. The molecular weight excluding hydrogens is 308 g/mol. The zero-order valence-corrected chi connectivity index (χ0v) is 15.5. The Hall–Kier alpha value is -0.710. The number of piperidine rings is 1. The van der Waals surface area contributed by atoms with Gasteiger partial charge in [0.15, 0.2) is 0 Å². The molecule has 0 radical (unpaired) electrons. The third-order valence-corrected chi connectivity index (χ3v) is 7.18. The number of likely N-dealkylation sites (tertiary alicyclic amines) is 1. The van der Waals surface area contributed by atoms with Gasteiger partial charge in [0.2, 0.25) is 11.8 Å². The molecule has 0 bridgehead atoms. The van der Waals surface area contributed by atoms with Gasteiger partial charge in [-0.2, -0.15) is 11.8 Å². The van der Waals surface area contributed by atoms with Crippen LogP contribution in [0.5, 0.6) is 0 Å². The van der Waals surface area contributed by atoms with Crippen molar-refractivity contribution in [1.29, 1.82) is 0 Å². The Labute approximate surface area is 144 Å². The molecular formula is C18H30N2O2S. The van der Waals surface area contributed by atoms with Crippen LogP contribution in [-0.4, -0.2) is 58.8 Å². The molecule has 3 rings (SSSR count). The third-order valence-electron chi connectivity index (χ3n) is 6.08. The smallest absolute Gasteiger partial charge is 0.245 e. The monoisotopic (exact) mass is 338 g/mol. The van der Waals surface area contributed by atoms with Gasteiger partial charge >= 0.3 is 0 Å². The number of carbonyl (C=O) groups excluding carboxylic acids is 2. The Bertz CT molecular complexity index is 470. The van der Waals surface area contributed by atoms with E-state index in [9.17, 15) is 9.59 Å². The number of thioether (sulfide) groups is 1. The minimum absolute atomic E-state index is 0.179. The maximum absolute atomic E-state index is 13.0. The molecule has 5 atom stereocenters. The lowest BCUT2D eigenvalue weighted by Gasteiger charge is -2.38. The highest BCUT2D eigenvalue weighted by Gasteiger charge is 2.45. The number of likely N-dealkylation sites (N-methyl/N-ethyl adjacent to an activating group) is 1. The van der Waals surface area contributed by atoms with Crippen LogP contribution in [0.2, 0.25) is 0 Å². The Kier molecular flexibility index (Phi) is 5.24. The summed E-state index contributed by atoms with van der Waals surface area (Å²) in [5, 5.41) is 0.687. The van der Waals surface area contributed by atoms with Gasteiger partial charge < -0.3 is 9.80 Å². The fourth-order valence-corrected chi connectivity index (χ4v) is 5.02. The number of hydrogen-bond acceptors (Lipinski definition) is 3. The highest BCUT2D eigenvalue weighted by Crippen LogP contribution is 2.40. The molecule has 1 saturated heterocycles. The highest BCUT2D eigenvalue weighted by molar-refractivity contribution is 7.99. The van der Waals surface area contributed by atoms with E-state index in [0.717, 1.165) is 45.1 Å². The zero-order valence-electron chi connectivity index (χ0n) is 14.7. The lowest BCUT2D eigenvalue weighted by Crippen LogP contribution is -2.54. The molecule has 5 heteroatoms. The van der Waals surface area contributed by atoms with Gasteiger partial charge in [-0.25, -0.2) is 0 Å². The lowest BCUT2D eigenvalue weighted by atomic mass is 9.99. The molecule has 4 nitrogen and oxygen atoms in total. The largest absolute Gasteiger partial charge is 0.341 e. The van der Waals surface area contributed by atoms with Crippen LogP contribution < -0.4 is 0 Å². The molecule has 0 spiro atoms. The topological polar surface area (TPSA) is 40.6 Å². The fraction of sp³-hybridized carbons (Fsp3) is 0.889. The molecule has 0 aromatic rings. The van der Waals surface area contributed by atoms with E-state index < -0.39 is 0 Å². The van der Waals surface area contributed by atoms with Gasteiger partial charge in [0.25, 0.3) is 0 Å². The first kappa shape index (κ1) is 17.1. The van der Waals surface area contributed by atoms with E-state index in [2.05, 4.69) is 13.2 Å². The average Bonchev–Trinajstić information content (AvgIpc) is 3.12. The van der Waals surface area contributed by atoms with Crippen molar-refractivity contribution in [3.63, 3.8) is 0 Å². The van der Waals surface area contributed by atoms with Crippen molar-refractivity contribution < 1.29 is 9.59 Å². The van der Waals surface area contributed by atoms with Crippen LogP contribution in [0.15, 0.2) is 0 Å². The number of hydrogen-bond donors (Lipinski definition) is 0. The highest BCUT2D eigenvalue weighted by atomic mass is 32.2. The number of rotatable bonds is 4. The van der Waals surface area contributed by atoms with Crippen LogP contribution >= 0.6 is 11.8 Å². The quantitative estimate of drug-likeness (QED) is 0.791. The molecule has 2 amide bonds. The SMILES string of the molecule is CS[C@@H]1CC[C@H](N(C)C(=O)[C@@H]2CCCCN2C(=O)[C@@H]2C[C@H]2C)C1. The maximum atomic E-state index is 13.0. The van der Waals surface area contributed by atoms with Crippen molar-refractivity contribution >= 4 is 23.6 Å². The average molecular weight is 339 g/mol. The summed E-state index contributed by atoms with van der Waals surface area (Å²) in [6.45, 7) is 2.90. The first-order chi connectivity index (χ1) is 11.0. The van der Waals surface area contributed by atoms with Crippen LogP contribution in [0.25, 0.3) is 0 Å². The second-order valence-corrected chi connectivity index (χ2v) is 8.77. The number of amides is 2. The van der Waals surface area contributed by atoms with Gasteiger partial charge in [-0.15, -0.1) is 0 Å². The predicted octanol–water partition coefficient (Wildman–Crippen LogP) is 2.77. The molecule has 1 aliphatic heterocycles. The van der Waals surface area contributed by atoms with E-state index in [1.54, 1.807) is 0 Å². The van der Waals surface area contributed by atoms with Crippen molar-refractivity contribution in [3.05, 3.63) is 0 Å². The van der Waals surface area contributed by atoms with Gasteiger partial charge in [0.1, 0.15) is 6.04 Å². The van der Waals surface area contributed by atoms with E-state index in [0.29, 0.717) is 17.2 Å². The molecule has 2 aliphatic carbocycles. The molecule has 0 unspecified atom stereocenters. The van der Waals surface area contributed by atoms with Crippen LogP contribution in [0.1, 0.15) is 51.9 Å². The summed E-state index contributed by atoms with van der Waals surface area (Å²) < 4.78 is 0. The van der Waals surface area contributed by atoms with Gasteiger partial charge in [-0.05, 0) is 57.1 Å². The molecule has 23 heavy (non-hydrogen) atoms. The van der Waals surface area contributed by atoms with Crippen molar-refractivity contribution in [2.75, 3.05) is 19.8 Å². The summed E-state index contributed by atoms with van der Waals surface area (Å²) in [4.78, 5) is 29.6. The van der Waals surface area contributed by atoms with E-state index in [1.165, 1.54) is 6.42 Å². The molecule has 3 aliphatic rings. The summed E-state index contributed by atoms with van der Waals surface area (Å²) in [7, 11) is 1.95. The molecule has 130 valence electrons. The molecule has 1 heterocycles. The van der Waals surface area contributed by atoms with Crippen molar-refractivity contribution in [1.82, 2.24) is 9.80 Å². The second kappa shape index (κ2) is 7.04. The molecule has 2 saturated carbocycles. The summed E-state index contributed by atoms with van der Waals surface area (Å²) in [6, 6.07) is 0.154. The zero-order chi connectivity index (χ0) is 16.6. The first-order valence-electron chi connectivity index (χ1n) is 9.13. The van der Waals surface area contributed by atoms with Crippen LogP contribution in [0.3, 0.4) is 0 Å². The van der Waals surface area contributed by atoms with Crippen molar-refractivity contribution in [3.8, 4) is 0 Å². The van der Waals surface area contributed by atoms with Crippen molar-refractivity contribution in [2.45, 2.75) is 69.2 Å². The predicted molar refractivity (Wildman–Crippen MR) is 94.3 cm³/mol. The van der Waals surface area contributed by atoms with E-state index >= 15 is 0 Å². The number of nitrogens with zero attached hydrogens (tertiary/aromatic N) is 2. The normalized spacial score (nSPS) is 36.8. The molecule has 0 aromatic carbocycles. The van der Waals surface area contributed by atoms with E-state index in [1.807, 2.05) is 28.6 Å². The Morgan fingerprint density at radius 3 is 2.48 bits per heavy atom. The van der Waals surface area contributed by atoms with Gasteiger partial charge in [0, 0.05) is 30.8 Å². The van der Waals surface area contributed by atoms with Crippen LogP contribution in [-0.2, 0) is 9.59 Å². The molecule has 0 N–H and O–H groups in total. The standard InChI is InChI=1S/C18H30N2O2S/c1-12-10-15(12)17(21)20-9-5-4-6-16(20)18(22)19(2)13-7-8-14(11-13)23-3/h12-16H,4-11H2,1-3H3/t12-,13+,14-,15-,16+/m1/s1. The van der Waals surface area contributed by atoms with E-state index in [4.69, 9.17) is 0 Å². The Balaban J connectivity index is 1.65. The Morgan fingerprint density at radius 1 is 1.13 bits per heavy atom. The number of carbonyl (C=O) groups is 2. The summed E-state index contributed by atoms with van der Waals surface area (Å²) in [6.07, 6.45) is 9.52. The third kappa shape index (κ3) is 3.54. The van der Waals surface area contributed by atoms with Gasteiger partial charge in [-0.1, -0.05) is 6.92 Å².